The zero-order valence-corrected chi connectivity index (χ0v) is 13.7. The quantitative estimate of drug-likeness (QED) is 0.856. The number of fused-ring (bicyclic) bond motifs is 1. The van der Waals surface area contributed by atoms with Gasteiger partial charge >= 0.3 is 0 Å². The van der Waals surface area contributed by atoms with Gasteiger partial charge < -0.3 is 16.0 Å². The largest absolute Gasteiger partial charge is 0.398 e. The predicted octanol–water partition coefficient (Wildman–Crippen LogP) is 3.28. The molecule has 1 heterocycles. The summed E-state index contributed by atoms with van der Waals surface area (Å²) in [7, 11) is 0. The van der Waals surface area contributed by atoms with Crippen molar-refractivity contribution < 1.29 is 4.79 Å². The number of nitrogen functional groups attached to an aromatic ring is 1. The second-order valence-electron chi connectivity index (χ2n) is 6.29. The van der Waals surface area contributed by atoms with Crippen LogP contribution in [0.25, 0.3) is 0 Å². The van der Waals surface area contributed by atoms with Gasteiger partial charge in [-0.25, -0.2) is 0 Å². The van der Waals surface area contributed by atoms with Gasteiger partial charge in [-0.2, -0.15) is 0 Å². The molecular formula is C19H23N3O. The summed E-state index contributed by atoms with van der Waals surface area (Å²) in [5, 5.41) is 3.00. The van der Waals surface area contributed by atoms with Crippen LogP contribution in [0.4, 0.5) is 17.1 Å². The van der Waals surface area contributed by atoms with Gasteiger partial charge in [0.05, 0.1) is 6.54 Å². The van der Waals surface area contributed by atoms with Crippen molar-refractivity contribution in [1.29, 1.82) is 0 Å². The van der Waals surface area contributed by atoms with Gasteiger partial charge in [0, 0.05) is 23.6 Å². The van der Waals surface area contributed by atoms with Crippen molar-refractivity contribution in [2.24, 2.45) is 0 Å². The number of nitrogens with one attached hydrogen (secondary N) is 1. The predicted molar refractivity (Wildman–Crippen MR) is 95.9 cm³/mol. The summed E-state index contributed by atoms with van der Waals surface area (Å²) >= 11 is 0. The summed E-state index contributed by atoms with van der Waals surface area (Å²) in [6.45, 7) is 5.30. The summed E-state index contributed by atoms with van der Waals surface area (Å²) < 4.78 is 0. The molecule has 4 heteroatoms. The van der Waals surface area contributed by atoms with Crippen molar-refractivity contribution in [3.8, 4) is 0 Å². The molecule has 0 aliphatic carbocycles. The van der Waals surface area contributed by atoms with Crippen LogP contribution in [0.3, 0.4) is 0 Å². The first-order valence-electron chi connectivity index (χ1n) is 8.03. The minimum Gasteiger partial charge on any atom is -0.398 e. The molecule has 4 nitrogen and oxygen atoms in total. The standard InChI is InChI=1S/C19H23N3O/c1-13-9-14(2)11-15(10-13)21-19(23)12-22-8-4-5-16-17(20)6-3-7-18(16)22/h3,6-7,9-11H,4-5,8,12,20H2,1-2H3,(H,21,23). The minimum atomic E-state index is 0.00488. The molecule has 1 aliphatic heterocycles. The monoisotopic (exact) mass is 309 g/mol. The third-order valence-electron chi connectivity index (χ3n) is 4.22. The van der Waals surface area contributed by atoms with Crippen molar-refractivity contribution in [2.75, 3.05) is 29.0 Å². The van der Waals surface area contributed by atoms with E-state index in [1.54, 1.807) is 0 Å². The molecule has 0 saturated carbocycles. The first-order valence-corrected chi connectivity index (χ1v) is 8.03. The lowest BCUT2D eigenvalue weighted by Gasteiger charge is -2.31. The van der Waals surface area contributed by atoms with Crippen LogP contribution in [0.15, 0.2) is 36.4 Å². The molecule has 1 aliphatic rings. The highest BCUT2D eigenvalue weighted by atomic mass is 16.2. The fourth-order valence-corrected chi connectivity index (χ4v) is 3.31. The Bertz CT molecular complexity index is 719. The number of aryl methyl sites for hydroxylation is 2. The molecule has 0 aromatic heterocycles. The highest BCUT2D eigenvalue weighted by Gasteiger charge is 2.20. The van der Waals surface area contributed by atoms with E-state index in [9.17, 15) is 4.79 Å². The maximum atomic E-state index is 12.4. The number of carbonyl (C=O) groups excluding carboxylic acids is 1. The fraction of sp³-hybridized carbons (Fsp3) is 0.316. The van der Waals surface area contributed by atoms with Gasteiger partial charge in [0.2, 0.25) is 5.91 Å². The third-order valence-corrected chi connectivity index (χ3v) is 4.22. The highest BCUT2D eigenvalue weighted by Crippen LogP contribution is 2.31. The number of carbonyl (C=O) groups is 1. The second kappa shape index (κ2) is 6.32. The van der Waals surface area contributed by atoms with Crippen molar-refractivity contribution in [3.63, 3.8) is 0 Å². The number of rotatable bonds is 3. The van der Waals surface area contributed by atoms with E-state index < -0.39 is 0 Å². The first-order chi connectivity index (χ1) is 11.0. The molecule has 120 valence electrons. The maximum absolute atomic E-state index is 12.4. The number of hydrogen-bond donors (Lipinski definition) is 2. The van der Waals surface area contributed by atoms with E-state index in [1.165, 1.54) is 0 Å². The molecule has 3 rings (SSSR count). The Morgan fingerprint density at radius 1 is 1.22 bits per heavy atom. The van der Waals surface area contributed by atoms with Gasteiger partial charge in [0.15, 0.2) is 0 Å². The van der Waals surface area contributed by atoms with Crippen molar-refractivity contribution >= 4 is 23.0 Å². The summed E-state index contributed by atoms with van der Waals surface area (Å²) in [6.07, 6.45) is 2.01. The van der Waals surface area contributed by atoms with Gasteiger partial charge in [-0.05, 0) is 67.6 Å². The number of nitrogens with zero attached hydrogens (tertiary/aromatic N) is 1. The van der Waals surface area contributed by atoms with Crippen LogP contribution in [-0.4, -0.2) is 19.0 Å². The van der Waals surface area contributed by atoms with E-state index in [-0.39, 0.29) is 5.91 Å². The molecule has 3 N–H and O–H groups in total. The van der Waals surface area contributed by atoms with E-state index in [4.69, 9.17) is 5.73 Å². The minimum absolute atomic E-state index is 0.00488. The summed E-state index contributed by atoms with van der Waals surface area (Å²) in [4.78, 5) is 14.5. The van der Waals surface area contributed by atoms with E-state index in [2.05, 4.69) is 22.3 Å². The Morgan fingerprint density at radius 3 is 2.70 bits per heavy atom. The van der Waals surface area contributed by atoms with Gasteiger partial charge in [0.1, 0.15) is 0 Å². The Morgan fingerprint density at radius 2 is 1.96 bits per heavy atom. The smallest absolute Gasteiger partial charge is 0.243 e. The second-order valence-corrected chi connectivity index (χ2v) is 6.29. The number of nitrogens with two attached hydrogens (primary N) is 1. The Balaban J connectivity index is 1.73. The zero-order chi connectivity index (χ0) is 16.4. The van der Waals surface area contributed by atoms with E-state index in [0.717, 1.165) is 53.1 Å². The summed E-state index contributed by atoms with van der Waals surface area (Å²) in [5.41, 5.74) is 12.3. The Kier molecular flexibility index (Phi) is 4.24. The first kappa shape index (κ1) is 15.4. The van der Waals surface area contributed by atoms with E-state index >= 15 is 0 Å². The van der Waals surface area contributed by atoms with Crippen LogP contribution in [0.2, 0.25) is 0 Å². The number of benzene rings is 2. The highest BCUT2D eigenvalue weighted by molar-refractivity contribution is 5.94. The normalized spacial score (nSPS) is 13.6. The Hall–Kier alpha value is -2.49. The average Bonchev–Trinajstić information content (AvgIpc) is 2.47. The van der Waals surface area contributed by atoms with Gasteiger partial charge in [-0.3, -0.25) is 4.79 Å². The number of anilines is 3. The number of amides is 1. The zero-order valence-electron chi connectivity index (χ0n) is 13.7. The molecule has 0 atom stereocenters. The van der Waals surface area contributed by atoms with Crippen molar-refractivity contribution in [1.82, 2.24) is 0 Å². The summed E-state index contributed by atoms with van der Waals surface area (Å²) in [5.74, 6) is 0.00488. The molecule has 1 amide bonds. The number of hydrogen-bond acceptors (Lipinski definition) is 3. The van der Waals surface area contributed by atoms with E-state index in [0.29, 0.717) is 6.54 Å². The van der Waals surface area contributed by atoms with Crippen molar-refractivity contribution in [3.05, 3.63) is 53.1 Å². The topological polar surface area (TPSA) is 58.4 Å². The third kappa shape index (κ3) is 3.47. The molecule has 0 radical (unpaired) electrons. The molecule has 2 aromatic carbocycles. The SMILES string of the molecule is Cc1cc(C)cc(NC(=O)CN2CCCc3c(N)cccc32)c1. The fourth-order valence-electron chi connectivity index (χ4n) is 3.31. The van der Waals surface area contributed by atoms with Crippen molar-refractivity contribution in [2.45, 2.75) is 26.7 Å². The maximum Gasteiger partial charge on any atom is 0.243 e. The molecule has 0 unspecified atom stereocenters. The Labute approximate surface area is 137 Å². The van der Waals surface area contributed by atoms with Crippen LogP contribution in [0, 0.1) is 13.8 Å². The van der Waals surface area contributed by atoms with Crippen LogP contribution in [-0.2, 0) is 11.2 Å². The molecule has 0 fully saturated rings. The van der Waals surface area contributed by atoms with Gasteiger partial charge in [-0.1, -0.05) is 12.1 Å². The van der Waals surface area contributed by atoms with Gasteiger partial charge in [-0.15, -0.1) is 0 Å². The van der Waals surface area contributed by atoms with E-state index in [1.807, 2.05) is 38.1 Å². The molecule has 0 saturated heterocycles. The molecule has 2 aromatic rings. The van der Waals surface area contributed by atoms with Gasteiger partial charge in [0.25, 0.3) is 0 Å². The van der Waals surface area contributed by atoms with Crippen LogP contribution in [0.1, 0.15) is 23.1 Å². The van der Waals surface area contributed by atoms with Crippen LogP contribution in [0.5, 0.6) is 0 Å². The lowest BCUT2D eigenvalue weighted by Crippen LogP contribution is -2.37. The van der Waals surface area contributed by atoms with Crippen LogP contribution < -0.4 is 16.0 Å². The summed E-state index contributed by atoms with van der Waals surface area (Å²) in [6, 6.07) is 12.0. The van der Waals surface area contributed by atoms with Crippen LogP contribution >= 0.6 is 0 Å². The molecule has 23 heavy (non-hydrogen) atoms. The molecule has 0 bridgehead atoms. The molecular weight excluding hydrogens is 286 g/mol. The lowest BCUT2D eigenvalue weighted by atomic mass is 10.00. The molecule has 0 spiro atoms. The average molecular weight is 309 g/mol. The lowest BCUT2D eigenvalue weighted by molar-refractivity contribution is -0.115.